The molecule has 0 radical (unpaired) electrons. The van der Waals surface area contributed by atoms with Crippen molar-refractivity contribution in [2.75, 3.05) is 26.3 Å². The minimum Gasteiger partial charge on any atom is -0.377 e. The molecule has 1 aliphatic rings. The lowest BCUT2D eigenvalue weighted by atomic mass is 10.0. The second kappa shape index (κ2) is 7.74. The molecule has 1 heterocycles. The third-order valence-corrected chi connectivity index (χ3v) is 3.10. The van der Waals surface area contributed by atoms with Crippen LogP contribution in [0.2, 0.25) is 0 Å². The Hall–Kier alpha value is -1.61. The first-order chi connectivity index (χ1) is 9.15. The summed E-state index contributed by atoms with van der Waals surface area (Å²) in [6.07, 6.45) is 1.29. The van der Waals surface area contributed by atoms with Gasteiger partial charge >= 0.3 is 0 Å². The summed E-state index contributed by atoms with van der Waals surface area (Å²) in [7, 11) is 0. The summed E-state index contributed by atoms with van der Waals surface area (Å²) >= 11 is 0. The lowest BCUT2D eigenvalue weighted by Crippen LogP contribution is -2.57. The smallest absolute Gasteiger partial charge is 0.245 e. The standard InChI is InChI=1S/C13H21N3O3/c1-3-5-10(8-14)13(18)16-6-7-19-9-11(16)12(17)15-4-2/h10-11H,3-7,9H2,1-2H3,(H,15,17). The third kappa shape index (κ3) is 3.93. The van der Waals surface area contributed by atoms with Crippen LogP contribution in [0.1, 0.15) is 26.7 Å². The van der Waals surface area contributed by atoms with Gasteiger partial charge in [0, 0.05) is 13.1 Å². The summed E-state index contributed by atoms with van der Waals surface area (Å²) in [5.41, 5.74) is 0. The predicted molar refractivity (Wildman–Crippen MR) is 69.0 cm³/mol. The number of amides is 2. The predicted octanol–water partition coefficient (Wildman–Crippen LogP) is 0.290. The van der Waals surface area contributed by atoms with Crippen LogP contribution in [0.4, 0.5) is 0 Å². The molecular weight excluding hydrogens is 246 g/mol. The number of nitrogens with one attached hydrogen (secondary N) is 1. The zero-order chi connectivity index (χ0) is 14.3. The number of rotatable bonds is 5. The number of carbonyl (C=O) groups is 2. The maximum absolute atomic E-state index is 12.3. The number of ether oxygens (including phenoxy) is 1. The van der Waals surface area contributed by atoms with Crippen LogP contribution in [0.25, 0.3) is 0 Å². The van der Waals surface area contributed by atoms with E-state index in [0.29, 0.717) is 26.1 Å². The monoisotopic (exact) mass is 267 g/mol. The number of likely N-dealkylation sites (N-methyl/N-ethyl adjacent to an activating group) is 1. The topological polar surface area (TPSA) is 82.4 Å². The van der Waals surface area contributed by atoms with Gasteiger partial charge in [0.25, 0.3) is 0 Å². The maximum Gasteiger partial charge on any atom is 0.245 e. The van der Waals surface area contributed by atoms with E-state index < -0.39 is 12.0 Å². The van der Waals surface area contributed by atoms with Crippen LogP contribution in [-0.2, 0) is 14.3 Å². The zero-order valence-corrected chi connectivity index (χ0v) is 11.5. The number of morpholine rings is 1. The summed E-state index contributed by atoms with van der Waals surface area (Å²) in [5.74, 6) is -1.15. The highest BCUT2D eigenvalue weighted by atomic mass is 16.5. The number of carbonyl (C=O) groups excluding carboxylic acids is 2. The molecule has 1 rings (SSSR count). The fraction of sp³-hybridized carbons (Fsp3) is 0.769. The van der Waals surface area contributed by atoms with Crippen molar-refractivity contribution < 1.29 is 14.3 Å². The van der Waals surface area contributed by atoms with E-state index in [4.69, 9.17) is 10.00 Å². The molecule has 6 heteroatoms. The molecule has 1 saturated heterocycles. The molecule has 106 valence electrons. The molecule has 2 amide bonds. The molecule has 0 bridgehead atoms. The Balaban J connectivity index is 2.78. The van der Waals surface area contributed by atoms with Crippen LogP contribution < -0.4 is 5.32 Å². The van der Waals surface area contributed by atoms with Crippen molar-refractivity contribution in [2.24, 2.45) is 5.92 Å². The summed E-state index contributed by atoms with van der Waals surface area (Å²) in [6, 6.07) is 1.41. The Bertz CT molecular complexity index is 365. The van der Waals surface area contributed by atoms with Gasteiger partial charge in [-0.15, -0.1) is 0 Å². The van der Waals surface area contributed by atoms with E-state index in [1.807, 2.05) is 19.9 Å². The number of hydrogen-bond acceptors (Lipinski definition) is 4. The molecule has 1 aliphatic heterocycles. The SMILES string of the molecule is CCCC(C#N)C(=O)N1CCOCC1C(=O)NCC. The van der Waals surface area contributed by atoms with E-state index in [-0.39, 0.29) is 18.4 Å². The van der Waals surface area contributed by atoms with Gasteiger partial charge < -0.3 is 15.0 Å². The Kier molecular flexibility index (Phi) is 6.30. The van der Waals surface area contributed by atoms with Crippen molar-refractivity contribution in [2.45, 2.75) is 32.7 Å². The van der Waals surface area contributed by atoms with Crippen LogP contribution in [-0.4, -0.2) is 49.1 Å². The van der Waals surface area contributed by atoms with Crippen molar-refractivity contribution in [3.05, 3.63) is 0 Å². The first kappa shape index (κ1) is 15.4. The van der Waals surface area contributed by atoms with Crippen molar-refractivity contribution in [1.82, 2.24) is 10.2 Å². The molecule has 19 heavy (non-hydrogen) atoms. The Morgan fingerprint density at radius 3 is 2.84 bits per heavy atom. The summed E-state index contributed by atoms with van der Waals surface area (Å²) in [5, 5.41) is 11.8. The van der Waals surface area contributed by atoms with E-state index >= 15 is 0 Å². The highest BCUT2D eigenvalue weighted by Crippen LogP contribution is 2.15. The Morgan fingerprint density at radius 1 is 1.53 bits per heavy atom. The minimum absolute atomic E-state index is 0.196. The third-order valence-electron chi connectivity index (χ3n) is 3.10. The van der Waals surface area contributed by atoms with Crippen LogP contribution in [0.15, 0.2) is 0 Å². The van der Waals surface area contributed by atoms with Crippen LogP contribution in [0, 0.1) is 17.2 Å². The molecule has 0 spiro atoms. The van der Waals surface area contributed by atoms with Gasteiger partial charge in [-0.1, -0.05) is 13.3 Å². The normalized spacial score (nSPS) is 20.5. The summed E-state index contributed by atoms with van der Waals surface area (Å²) in [6.45, 7) is 5.23. The molecule has 0 aromatic rings. The van der Waals surface area contributed by atoms with Gasteiger partial charge in [-0.25, -0.2) is 0 Å². The van der Waals surface area contributed by atoms with Gasteiger partial charge in [0.2, 0.25) is 11.8 Å². The fourth-order valence-electron chi connectivity index (χ4n) is 2.11. The maximum atomic E-state index is 12.3. The van der Waals surface area contributed by atoms with Crippen molar-refractivity contribution in [1.29, 1.82) is 5.26 Å². The molecular formula is C13H21N3O3. The molecule has 2 atom stereocenters. The lowest BCUT2D eigenvalue weighted by Gasteiger charge is -2.35. The van der Waals surface area contributed by atoms with E-state index in [2.05, 4.69) is 5.32 Å². The first-order valence-corrected chi connectivity index (χ1v) is 6.71. The Labute approximate surface area is 113 Å². The van der Waals surface area contributed by atoms with Crippen molar-refractivity contribution >= 4 is 11.8 Å². The van der Waals surface area contributed by atoms with Gasteiger partial charge in [0.1, 0.15) is 12.0 Å². The molecule has 0 aliphatic carbocycles. The second-order valence-electron chi connectivity index (χ2n) is 4.49. The van der Waals surface area contributed by atoms with Gasteiger partial charge in [-0.2, -0.15) is 5.26 Å². The second-order valence-corrected chi connectivity index (χ2v) is 4.49. The van der Waals surface area contributed by atoms with Gasteiger partial charge in [0.15, 0.2) is 0 Å². The number of nitriles is 1. The molecule has 1 fully saturated rings. The van der Waals surface area contributed by atoms with Crippen LogP contribution in [0.3, 0.4) is 0 Å². The van der Waals surface area contributed by atoms with E-state index in [1.54, 1.807) is 0 Å². The zero-order valence-electron chi connectivity index (χ0n) is 11.5. The van der Waals surface area contributed by atoms with Crippen LogP contribution in [0.5, 0.6) is 0 Å². The Morgan fingerprint density at radius 2 is 2.26 bits per heavy atom. The fourth-order valence-corrected chi connectivity index (χ4v) is 2.11. The molecule has 1 N–H and O–H groups in total. The average Bonchev–Trinajstić information content (AvgIpc) is 2.44. The highest BCUT2D eigenvalue weighted by molar-refractivity contribution is 5.89. The summed E-state index contributed by atoms with van der Waals surface area (Å²) < 4.78 is 5.27. The molecule has 2 unspecified atom stereocenters. The largest absolute Gasteiger partial charge is 0.377 e. The lowest BCUT2D eigenvalue weighted by molar-refractivity contribution is -0.150. The number of nitrogens with zero attached hydrogens (tertiary/aromatic N) is 2. The van der Waals surface area contributed by atoms with Gasteiger partial charge in [0.05, 0.1) is 19.3 Å². The van der Waals surface area contributed by atoms with Gasteiger partial charge in [-0.05, 0) is 13.3 Å². The minimum atomic E-state index is -0.667. The quantitative estimate of drug-likeness (QED) is 0.776. The molecule has 0 aromatic carbocycles. The van der Waals surface area contributed by atoms with E-state index in [1.165, 1.54) is 4.90 Å². The number of hydrogen-bond donors (Lipinski definition) is 1. The van der Waals surface area contributed by atoms with E-state index in [9.17, 15) is 9.59 Å². The summed E-state index contributed by atoms with van der Waals surface area (Å²) in [4.78, 5) is 25.7. The average molecular weight is 267 g/mol. The first-order valence-electron chi connectivity index (χ1n) is 6.71. The highest BCUT2D eigenvalue weighted by Gasteiger charge is 2.35. The molecule has 6 nitrogen and oxygen atoms in total. The molecule has 0 saturated carbocycles. The van der Waals surface area contributed by atoms with Crippen LogP contribution >= 0.6 is 0 Å². The van der Waals surface area contributed by atoms with Crippen molar-refractivity contribution in [3.63, 3.8) is 0 Å². The van der Waals surface area contributed by atoms with Gasteiger partial charge in [-0.3, -0.25) is 9.59 Å². The molecule has 0 aromatic heterocycles. The van der Waals surface area contributed by atoms with Crippen molar-refractivity contribution in [3.8, 4) is 6.07 Å². The van der Waals surface area contributed by atoms with E-state index in [0.717, 1.165) is 6.42 Å².